The molecule has 0 saturated carbocycles. The van der Waals surface area contributed by atoms with Gasteiger partial charge in [-0.15, -0.1) is 0 Å². The van der Waals surface area contributed by atoms with Crippen LogP contribution < -0.4 is 5.32 Å². The highest BCUT2D eigenvalue weighted by Gasteiger charge is 2.09. The predicted molar refractivity (Wildman–Crippen MR) is 87.2 cm³/mol. The molecule has 0 aromatic heterocycles. The van der Waals surface area contributed by atoms with Crippen molar-refractivity contribution in [2.75, 3.05) is 18.9 Å². The molecule has 0 aliphatic carbocycles. The number of nitrogens with one attached hydrogen (secondary N) is 1. The van der Waals surface area contributed by atoms with Crippen LogP contribution in [0.1, 0.15) is 18.1 Å². The number of benzene rings is 2. The fraction of sp³-hybridized carbons (Fsp3) is 0.278. The van der Waals surface area contributed by atoms with Crippen molar-refractivity contribution in [2.24, 2.45) is 0 Å². The summed E-state index contributed by atoms with van der Waals surface area (Å²) in [6, 6.07) is 18.1. The molecule has 0 aliphatic heterocycles. The van der Waals surface area contributed by atoms with Gasteiger partial charge >= 0.3 is 0 Å². The van der Waals surface area contributed by atoms with Crippen molar-refractivity contribution in [3.63, 3.8) is 0 Å². The van der Waals surface area contributed by atoms with Crippen molar-refractivity contribution >= 4 is 11.6 Å². The maximum Gasteiger partial charge on any atom is 0.241 e. The van der Waals surface area contributed by atoms with Crippen molar-refractivity contribution in [1.82, 2.24) is 4.90 Å². The molecular formula is C18H22N2O. The fourth-order valence-electron chi connectivity index (χ4n) is 2.25. The summed E-state index contributed by atoms with van der Waals surface area (Å²) in [5.41, 5.74) is 3.42. The van der Waals surface area contributed by atoms with E-state index < -0.39 is 0 Å². The van der Waals surface area contributed by atoms with Gasteiger partial charge in [-0.3, -0.25) is 4.79 Å². The second kappa shape index (κ2) is 7.48. The third-order valence-electron chi connectivity index (χ3n) is 3.52. The van der Waals surface area contributed by atoms with E-state index in [-0.39, 0.29) is 5.91 Å². The molecule has 0 heterocycles. The van der Waals surface area contributed by atoms with Crippen LogP contribution in [-0.4, -0.2) is 24.4 Å². The predicted octanol–water partition coefficient (Wildman–Crippen LogP) is 3.32. The molecule has 3 heteroatoms. The van der Waals surface area contributed by atoms with E-state index in [0.717, 1.165) is 17.7 Å². The maximum absolute atomic E-state index is 12.2. The van der Waals surface area contributed by atoms with Crippen LogP contribution in [-0.2, 0) is 17.8 Å². The van der Waals surface area contributed by atoms with Gasteiger partial charge in [0.15, 0.2) is 0 Å². The van der Waals surface area contributed by atoms with Gasteiger partial charge in [0, 0.05) is 19.3 Å². The Labute approximate surface area is 126 Å². The number of hydrogen-bond donors (Lipinski definition) is 1. The number of para-hydroxylation sites is 1. The van der Waals surface area contributed by atoms with Crippen molar-refractivity contribution in [3.8, 4) is 0 Å². The average Bonchev–Trinajstić information content (AvgIpc) is 2.53. The molecule has 0 radical (unpaired) electrons. The normalized spacial score (nSPS) is 10.2. The Hall–Kier alpha value is -2.29. The molecule has 0 atom stereocenters. The van der Waals surface area contributed by atoms with E-state index in [2.05, 4.69) is 18.3 Å². The van der Waals surface area contributed by atoms with Crippen LogP contribution in [0.4, 0.5) is 5.69 Å². The summed E-state index contributed by atoms with van der Waals surface area (Å²) in [5.74, 6) is 0.0877. The number of rotatable bonds is 6. The molecule has 0 bridgehead atoms. The van der Waals surface area contributed by atoms with Crippen LogP contribution in [0.2, 0.25) is 0 Å². The topological polar surface area (TPSA) is 32.3 Å². The zero-order chi connectivity index (χ0) is 15.1. The van der Waals surface area contributed by atoms with Gasteiger partial charge in [0.1, 0.15) is 0 Å². The number of likely N-dealkylation sites (N-methyl/N-ethyl adjacent to an activating group) is 1. The van der Waals surface area contributed by atoms with Crippen LogP contribution in [0.15, 0.2) is 54.6 Å². The summed E-state index contributed by atoms with van der Waals surface area (Å²) in [4.78, 5) is 13.9. The highest BCUT2D eigenvalue weighted by Crippen LogP contribution is 2.15. The molecule has 0 saturated heterocycles. The molecule has 2 rings (SSSR count). The average molecular weight is 282 g/mol. The van der Waals surface area contributed by atoms with E-state index in [1.165, 1.54) is 5.56 Å². The Kier molecular flexibility index (Phi) is 5.38. The van der Waals surface area contributed by atoms with Crippen molar-refractivity contribution in [2.45, 2.75) is 19.9 Å². The van der Waals surface area contributed by atoms with E-state index >= 15 is 0 Å². The minimum atomic E-state index is 0.0877. The molecule has 1 amide bonds. The van der Waals surface area contributed by atoms with Crippen molar-refractivity contribution in [3.05, 3.63) is 65.7 Å². The molecule has 0 unspecified atom stereocenters. The first-order valence-electron chi connectivity index (χ1n) is 7.30. The summed E-state index contributed by atoms with van der Waals surface area (Å²) in [5, 5.41) is 3.24. The molecule has 1 N–H and O–H groups in total. The lowest BCUT2D eigenvalue weighted by Crippen LogP contribution is -2.31. The zero-order valence-electron chi connectivity index (χ0n) is 12.7. The molecule has 2 aromatic rings. The Morgan fingerprint density at radius 1 is 1.05 bits per heavy atom. The Balaban J connectivity index is 1.89. The largest absolute Gasteiger partial charge is 0.376 e. The van der Waals surface area contributed by atoms with Gasteiger partial charge < -0.3 is 10.2 Å². The number of carbonyl (C=O) groups excluding carboxylic acids is 1. The molecule has 3 nitrogen and oxygen atoms in total. The molecule has 21 heavy (non-hydrogen) atoms. The van der Waals surface area contributed by atoms with Gasteiger partial charge in [0.25, 0.3) is 0 Å². The van der Waals surface area contributed by atoms with E-state index in [1.807, 2.05) is 55.6 Å². The molecule has 110 valence electrons. The summed E-state index contributed by atoms with van der Waals surface area (Å²) < 4.78 is 0. The molecule has 0 aliphatic rings. The van der Waals surface area contributed by atoms with E-state index in [9.17, 15) is 4.79 Å². The van der Waals surface area contributed by atoms with E-state index in [0.29, 0.717) is 13.1 Å². The quantitative estimate of drug-likeness (QED) is 0.881. The molecular weight excluding hydrogens is 260 g/mol. The molecule has 0 spiro atoms. The van der Waals surface area contributed by atoms with E-state index in [1.54, 1.807) is 4.90 Å². The molecule has 2 aromatic carbocycles. The first-order chi connectivity index (χ1) is 10.2. The lowest BCUT2D eigenvalue weighted by atomic mass is 10.1. The maximum atomic E-state index is 12.2. The SMILES string of the molecule is CCc1ccccc1NCC(=O)N(C)Cc1ccccc1. The fourth-order valence-corrected chi connectivity index (χ4v) is 2.25. The highest BCUT2D eigenvalue weighted by atomic mass is 16.2. The number of hydrogen-bond acceptors (Lipinski definition) is 2. The number of aryl methyl sites for hydroxylation is 1. The van der Waals surface area contributed by atoms with Gasteiger partial charge in [0.05, 0.1) is 6.54 Å². The first-order valence-corrected chi connectivity index (χ1v) is 7.30. The van der Waals surface area contributed by atoms with Crippen LogP contribution in [0, 0.1) is 0 Å². The Bertz CT molecular complexity index is 581. The van der Waals surface area contributed by atoms with Gasteiger partial charge in [-0.2, -0.15) is 0 Å². The van der Waals surface area contributed by atoms with Gasteiger partial charge in [-0.05, 0) is 23.6 Å². The minimum Gasteiger partial charge on any atom is -0.376 e. The van der Waals surface area contributed by atoms with Gasteiger partial charge in [0.2, 0.25) is 5.91 Å². The van der Waals surface area contributed by atoms with Gasteiger partial charge in [-0.1, -0.05) is 55.5 Å². The monoisotopic (exact) mass is 282 g/mol. The lowest BCUT2D eigenvalue weighted by molar-refractivity contribution is -0.128. The minimum absolute atomic E-state index is 0.0877. The number of carbonyl (C=O) groups is 1. The highest BCUT2D eigenvalue weighted by molar-refractivity contribution is 5.80. The van der Waals surface area contributed by atoms with Crippen LogP contribution in [0.3, 0.4) is 0 Å². The Morgan fingerprint density at radius 3 is 2.43 bits per heavy atom. The third kappa shape index (κ3) is 4.35. The zero-order valence-corrected chi connectivity index (χ0v) is 12.7. The standard InChI is InChI=1S/C18H22N2O/c1-3-16-11-7-8-12-17(16)19-13-18(21)20(2)14-15-9-5-4-6-10-15/h4-12,19H,3,13-14H2,1-2H3. The third-order valence-corrected chi connectivity index (χ3v) is 3.52. The van der Waals surface area contributed by atoms with Crippen LogP contribution in [0.25, 0.3) is 0 Å². The van der Waals surface area contributed by atoms with Gasteiger partial charge in [-0.25, -0.2) is 0 Å². The number of anilines is 1. The van der Waals surface area contributed by atoms with Crippen LogP contribution in [0.5, 0.6) is 0 Å². The number of amides is 1. The lowest BCUT2D eigenvalue weighted by Gasteiger charge is -2.18. The summed E-state index contributed by atoms with van der Waals surface area (Å²) >= 11 is 0. The van der Waals surface area contributed by atoms with E-state index in [4.69, 9.17) is 0 Å². The summed E-state index contributed by atoms with van der Waals surface area (Å²) in [7, 11) is 1.84. The summed E-state index contributed by atoms with van der Waals surface area (Å²) in [6.07, 6.45) is 0.956. The first kappa shape index (κ1) is 15.1. The Morgan fingerprint density at radius 2 is 1.71 bits per heavy atom. The smallest absolute Gasteiger partial charge is 0.241 e. The van der Waals surface area contributed by atoms with Crippen LogP contribution >= 0.6 is 0 Å². The summed E-state index contributed by atoms with van der Waals surface area (Å²) in [6.45, 7) is 3.07. The second-order valence-electron chi connectivity index (χ2n) is 5.10. The van der Waals surface area contributed by atoms with Crippen molar-refractivity contribution in [1.29, 1.82) is 0 Å². The molecule has 0 fully saturated rings. The number of nitrogens with zero attached hydrogens (tertiary/aromatic N) is 1. The second-order valence-corrected chi connectivity index (χ2v) is 5.10. The van der Waals surface area contributed by atoms with Crippen molar-refractivity contribution < 1.29 is 4.79 Å².